The van der Waals surface area contributed by atoms with Crippen LogP contribution >= 0.6 is 0 Å². The van der Waals surface area contributed by atoms with Crippen molar-refractivity contribution in [2.45, 2.75) is 117 Å². The molecule has 0 aliphatic carbocycles. The first-order valence-electron chi connectivity index (χ1n) is 11.9. The van der Waals surface area contributed by atoms with Gasteiger partial charge in [0.1, 0.15) is 6.54 Å². The Morgan fingerprint density at radius 3 is 1.77 bits per heavy atom. The number of aliphatic imine (C=N–C) groups is 1. The average Bonchev–Trinajstić information content (AvgIpc) is 3.12. The molecular weight excluding hydrogens is 316 g/mol. The predicted octanol–water partition coefficient (Wildman–Crippen LogP) is 7.64. The number of hydrogen-bond donors (Lipinski definition) is 0. The number of rotatable bonds is 18. The highest BCUT2D eigenvalue weighted by Crippen LogP contribution is 2.15. The quantitative estimate of drug-likeness (QED) is 0.175. The molecule has 0 aromatic rings. The topological polar surface area (TPSA) is 12.4 Å². The van der Waals surface area contributed by atoms with Crippen LogP contribution in [0.2, 0.25) is 0 Å². The molecule has 0 bridgehead atoms. The smallest absolute Gasteiger partial charge is 0.190 e. The summed E-state index contributed by atoms with van der Waals surface area (Å²) in [6.07, 6.45) is 29.5. The van der Waals surface area contributed by atoms with Crippen molar-refractivity contribution < 1.29 is 4.48 Å². The van der Waals surface area contributed by atoms with Crippen LogP contribution in [-0.2, 0) is 0 Å². The van der Waals surface area contributed by atoms with Crippen LogP contribution in [0.1, 0.15) is 117 Å². The lowest BCUT2D eigenvalue weighted by molar-refractivity contribution is -0.774. The van der Waals surface area contributed by atoms with Crippen molar-refractivity contribution in [1.82, 2.24) is 0 Å². The zero-order chi connectivity index (χ0) is 18.8. The fourth-order valence-electron chi connectivity index (χ4n) is 3.90. The van der Waals surface area contributed by atoms with Gasteiger partial charge in [0.2, 0.25) is 0 Å². The maximum Gasteiger partial charge on any atom is 0.190 e. The van der Waals surface area contributed by atoms with E-state index in [2.05, 4.69) is 37.5 Å². The van der Waals surface area contributed by atoms with Crippen LogP contribution in [0, 0.1) is 0 Å². The summed E-state index contributed by atoms with van der Waals surface area (Å²) in [6, 6.07) is 0. The van der Waals surface area contributed by atoms with Gasteiger partial charge in [0.25, 0.3) is 0 Å². The Hall–Kier alpha value is -0.630. The van der Waals surface area contributed by atoms with Crippen molar-refractivity contribution >= 4 is 6.34 Å². The Labute approximate surface area is 164 Å². The van der Waals surface area contributed by atoms with Crippen LogP contribution in [0.15, 0.2) is 17.3 Å². The van der Waals surface area contributed by atoms with Gasteiger partial charge in [0, 0.05) is 0 Å². The number of unbranched alkanes of at least 4 members (excludes halogenated alkanes) is 14. The van der Waals surface area contributed by atoms with Crippen molar-refractivity contribution in [3.8, 4) is 0 Å². The Morgan fingerprint density at radius 1 is 0.731 bits per heavy atom. The summed E-state index contributed by atoms with van der Waals surface area (Å²) in [5.74, 6) is 0. The third kappa shape index (κ3) is 11.9. The van der Waals surface area contributed by atoms with Crippen molar-refractivity contribution in [3.05, 3.63) is 12.3 Å². The lowest BCUT2D eigenvalue weighted by Crippen LogP contribution is -2.40. The second kappa shape index (κ2) is 16.5. The van der Waals surface area contributed by atoms with E-state index in [4.69, 9.17) is 0 Å². The van der Waals surface area contributed by atoms with Crippen LogP contribution in [0.5, 0.6) is 0 Å². The molecule has 1 unspecified atom stereocenters. The van der Waals surface area contributed by atoms with Crippen molar-refractivity contribution in [2.75, 3.05) is 19.6 Å². The van der Waals surface area contributed by atoms with Crippen molar-refractivity contribution in [2.24, 2.45) is 4.99 Å². The second-order valence-corrected chi connectivity index (χ2v) is 8.34. The molecule has 26 heavy (non-hydrogen) atoms. The van der Waals surface area contributed by atoms with E-state index in [-0.39, 0.29) is 0 Å². The highest BCUT2D eigenvalue weighted by Gasteiger charge is 2.25. The molecule has 0 N–H and O–H groups in total. The van der Waals surface area contributed by atoms with Gasteiger partial charge < -0.3 is 0 Å². The molecule has 1 aliphatic rings. The van der Waals surface area contributed by atoms with Gasteiger partial charge >= 0.3 is 0 Å². The zero-order valence-electron chi connectivity index (χ0n) is 18.1. The first kappa shape index (κ1) is 23.4. The molecule has 2 heteroatoms. The average molecular weight is 364 g/mol. The van der Waals surface area contributed by atoms with Gasteiger partial charge in [0.15, 0.2) is 6.34 Å². The Kier molecular flexibility index (Phi) is 14.9. The second-order valence-electron chi connectivity index (χ2n) is 8.34. The van der Waals surface area contributed by atoms with Crippen LogP contribution in [0.4, 0.5) is 0 Å². The standard InChI is InChI=1S/C24H47N2/c1-3-5-7-8-9-10-11-12-13-14-15-16-17-18-19-22-26(21-6-4-2)23-20-25-24-26/h19,22,24H,3-18,20-21,23H2,1-2H3/q+1. The fraction of sp³-hybridized carbons (Fsp3) is 0.875. The highest BCUT2D eigenvalue weighted by atomic mass is 15.4. The monoisotopic (exact) mass is 363 g/mol. The molecule has 152 valence electrons. The molecule has 0 saturated carbocycles. The van der Waals surface area contributed by atoms with E-state index >= 15 is 0 Å². The van der Waals surface area contributed by atoms with E-state index in [9.17, 15) is 0 Å². The minimum Gasteiger partial charge on any atom is -0.254 e. The normalized spacial score (nSPS) is 19.8. The largest absolute Gasteiger partial charge is 0.254 e. The summed E-state index contributed by atoms with van der Waals surface area (Å²) in [5.41, 5.74) is 0. The third-order valence-corrected chi connectivity index (χ3v) is 5.76. The molecule has 1 atom stereocenters. The maximum absolute atomic E-state index is 4.47. The molecule has 0 saturated heterocycles. The van der Waals surface area contributed by atoms with E-state index in [1.807, 2.05) is 0 Å². The highest BCUT2D eigenvalue weighted by molar-refractivity contribution is 5.49. The molecule has 0 spiro atoms. The van der Waals surface area contributed by atoms with Crippen LogP contribution in [-0.4, -0.2) is 30.5 Å². The summed E-state index contributed by atoms with van der Waals surface area (Å²) in [5, 5.41) is 0. The molecule has 0 aromatic heterocycles. The minimum absolute atomic E-state index is 1.01. The summed E-state index contributed by atoms with van der Waals surface area (Å²) >= 11 is 0. The number of hydrogen-bond acceptors (Lipinski definition) is 1. The van der Waals surface area contributed by atoms with E-state index in [1.165, 1.54) is 116 Å². The molecular formula is C24H47N2+. The first-order chi connectivity index (χ1) is 12.8. The van der Waals surface area contributed by atoms with E-state index in [0.717, 1.165) is 11.0 Å². The zero-order valence-corrected chi connectivity index (χ0v) is 18.1. The lowest BCUT2D eigenvalue weighted by Gasteiger charge is -2.25. The Morgan fingerprint density at radius 2 is 1.27 bits per heavy atom. The minimum atomic E-state index is 1.01. The van der Waals surface area contributed by atoms with E-state index in [1.54, 1.807) is 0 Å². The van der Waals surface area contributed by atoms with Crippen molar-refractivity contribution in [3.63, 3.8) is 0 Å². The maximum atomic E-state index is 4.47. The van der Waals surface area contributed by atoms with Crippen LogP contribution in [0.25, 0.3) is 0 Å². The van der Waals surface area contributed by atoms with Gasteiger partial charge in [0.05, 0.1) is 19.3 Å². The Balaban J connectivity index is 1.89. The summed E-state index contributed by atoms with van der Waals surface area (Å²) in [4.78, 5) is 4.47. The molecule has 0 aromatic carbocycles. The van der Waals surface area contributed by atoms with Gasteiger partial charge in [-0.3, -0.25) is 4.48 Å². The molecule has 1 aliphatic heterocycles. The third-order valence-electron chi connectivity index (χ3n) is 5.76. The Bertz CT molecular complexity index is 361. The fourth-order valence-corrected chi connectivity index (χ4v) is 3.90. The van der Waals surface area contributed by atoms with E-state index in [0.29, 0.717) is 0 Å². The van der Waals surface area contributed by atoms with E-state index < -0.39 is 0 Å². The predicted molar refractivity (Wildman–Crippen MR) is 118 cm³/mol. The lowest BCUT2D eigenvalue weighted by atomic mass is 10.0. The first-order valence-corrected chi connectivity index (χ1v) is 11.9. The number of nitrogens with zero attached hydrogens (tertiary/aromatic N) is 2. The molecule has 1 rings (SSSR count). The molecule has 0 amide bonds. The number of allylic oxidation sites excluding steroid dienone is 1. The molecule has 0 radical (unpaired) electrons. The summed E-state index contributed by atoms with van der Waals surface area (Å²) in [6.45, 7) is 7.99. The van der Waals surface area contributed by atoms with Gasteiger partial charge in [-0.05, 0) is 25.3 Å². The van der Waals surface area contributed by atoms with Crippen LogP contribution in [0.3, 0.4) is 0 Å². The van der Waals surface area contributed by atoms with Gasteiger partial charge in [-0.15, -0.1) is 0 Å². The molecule has 0 fully saturated rings. The molecule has 2 nitrogen and oxygen atoms in total. The number of quaternary nitrogens is 1. The van der Waals surface area contributed by atoms with Crippen molar-refractivity contribution in [1.29, 1.82) is 0 Å². The van der Waals surface area contributed by atoms with Gasteiger partial charge in [-0.1, -0.05) is 97.3 Å². The summed E-state index contributed by atoms with van der Waals surface area (Å²) in [7, 11) is 0. The van der Waals surface area contributed by atoms with Gasteiger partial charge in [-0.25, -0.2) is 4.99 Å². The van der Waals surface area contributed by atoms with Crippen LogP contribution < -0.4 is 0 Å². The molecule has 1 heterocycles. The SMILES string of the molecule is CCCCCCCCCCCCCCCC=C[N+]1(CCCC)C=NCC1. The summed E-state index contributed by atoms with van der Waals surface area (Å²) < 4.78 is 1.01. The van der Waals surface area contributed by atoms with Gasteiger partial charge in [-0.2, -0.15) is 0 Å².